The summed E-state index contributed by atoms with van der Waals surface area (Å²) in [5.74, 6) is 0.913. The molecular formula is C19H16N6OS. The van der Waals surface area contributed by atoms with Gasteiger partial charge in [0, 0.05) is 11.3 Å². The van der Waals surface area contributed by atoms with Crippen LogP contribution in [0, 0.1) is 0 Å². The lowest BCUT2D eigenvalue weighted by molar-refractivity contribution is 0.101. The first kappa shape index (κ1) is 16.9. The topological polar surface area (TPSA) is 106 Å². The Morgan fingerprint density at radius 2 is 1.81 bits per heavy atom. The number of hydrogen-bond donors (Lipinski definition) is 3. The third-order valence-electron chi connectivity index (χ3n) is 3.93. The van der Waals surface area contributed by atoms with Crippen LogP contribution in [0.25, 0.3) is 10.2 Å². The number of nitrogens with one attached hydrogen (secondary N) is 2. The molecule has 0 amide bonds. The second-order valence-corrected chi connectivity index (χ2v) is 6.89. The molecule has 4 aromatic rings. The van der Waals surface area contributed by atoms with Gasteiger partial charge in [-0.15, -0.1) is 0 Å². The van der Waals surface area contributed by atoms with Gasteiger partial charge in [-0.2, -0.15) is 0 Å². The van der Waals surface area contributed by atoms with Crippen molar-refractivity contribution < 1.29 is 4.79 Å². The number of carbonyl (C=O) groups is 1. The molecule has 0 radical (unpaired) electrons. The molecule has 4 rings (SSSR count). The van der Waals surface area contributed by atoms with Crippen molar-refractivity contribution in [1.82, 2.24) is 15.0 Å². The van der Waals surface area contributed by atoms with Crippen molar-refractivity contribution in [2.45, 2.75) is 6.92 Å². The Labute approximate surface area is 159 Å². The second kappa shape index (κ2) is 7.00. The minimum absolute atomic E-state index is 0.00694. The third kappa shape index (κ3) is 3.56. The van der Waals surface area contributed by atoms with Crippen molar-refractivity contribution in [1.29, 1.82) is 0 Å². The number of para-hydroxylation sites is 1. The summed E-state index contributed by atoms with van der Waals surface area (Å²) in [7, 11) is 0. The molecule has 2 heterocycles. The molecule has 0 aliphatic heterocycles. The molecule has 0 saturated carbocycles. The van der Waals surface area contributed by atoms with Gasteiger partial charge in [0.15, 0.2) is 22.6 Å². The van der Waals surface area contributed by atoms with Crippen LogP contribution >= 0.6 is 11.3 Å². The fraction of sp³-hybridized carbons (Fsp3) is 0.0526. The molecule has 0 atom stereocenters. The highest BCUT2D eigenvalue weighted by atomic mass is 32.1. The number of Topliss-reactive ketones (excluding diaryl/α,β-unsaturated/α-hetero) is 1. The monoisotopic (exact) mass is 376 g/mol. The number of benzene rings is 2. The van der Waals surface area contributed by atoms with E-state index in [1.54, 1.807) is 18.2 Å². The fourth-order valence-corrected chi connectivity index (χ4v) is 3.44. The maximum absolute atomic E-state index is 11.6. The first-order valence-corrected chi connectivity index (χ1v) is 9.03. The summed E-state index contributed by atoms with van der Waals surface area (Å²) in [6, 6.07) is 15.0. The third-order valence-corrected chi connectivity index (χ3v) is 4.89. The molecule has 0 unspecified atom stereocenters. The lowest BCUT2D eigenvalue weighted by atomic mass is 10.1. The van der Waals surface area contributed by atoms with Crippen LogP contribution in [0.2, 0.25) is 0 Å². The molecule has 0 aliphatic rings. The van der Waals surface area contributed by atoms with Crippen molar-refractivity contribution in [3.63, 3.8) is 0 Å². The van der Waals surface area contributed by atoms with Crippen LogP contribution in [0.3, 0.4) is 0 Å². The van der Waals surface area contributed by atoms with Gasteiger partial charge in [0.1, 0.15) is 12.0 Å². The number of rotatable bonds is 5. The molecule has 7 nitrogen and oxygen atoms in total. The molecule has 0 aliphatic carbocycles. The average molecular weight is 376 g/mol. The zero-order valence-corrected chi connectivity index (χ0v) is 15.2. The number of thiazole rings is 1. The quantitative estimate of drug-likeness (QED) is 0.444. The summed E-state index contributed by atoms with van der Waals surface area (Å²) >= 11 is 1.52. The molecule has 0 fully saturated rings. The zero-order valence-electron chi connectivity index (χ0n) is 14.4. The minimum atomic E-state index is -0.00694. The number of carbonyl (C=O) groups excluding carboxylic acids is 1. The van der Waals surface area contributed by atoms with E-state index in [1.807, 2.05) is 30.3 Å². The van der Waals surface area contributed by atoms with Crippen LogP contribution < -0.4 is 16.4 Å². The number of hydrogen-bond acceptors (Lipinski definition) is 8. The maximum atomic E-state index is 11.6. The van der Waals surface area contributed by atoms with E-state index in [2.05, 4.69) is 25.6 Å². The van der Waals surface area contributed by atoms with Crippen molar-refractivity contribution in [2.24, 2.45) is 0 Å². The highest BCUT2D eigenvalue weighted by Gasteiger charge is 2.11. The average Bonchev–Trinajstić information content (AvgIpc) is 3.07. The van der Waals surface area contributed by atoms with E-state index < -0.39 is 0 Å². The zero-order chi connectivity index (χ0) is 18.8. The molecule has 0 bridgehead atoms. The van der Waals surface area contributed by atoms with E-state index in [0.29, 0.717) is 28.0 Å². The fourth-order valence-electron chi connectivity index (χ4n) is 2.57. The maximum Gasteiger partial charge on any atom is 0.189 e. The van der Waals surface area contributed by atoms with Crippen LogP contribution in [0.4, 0.5) is 28.1 Å². The first-order valence-electron chi connectivity index (χ1n) is 8.21. The molecule has 8 heteroatoms. The predicted molar refractivity (Wildman–Crippen MR) is 109 cm³/mol. The minimum Gasteiger partial charge on any atom is -0.393 e. The van der Waals surface area contributed by atoms with E-state index in [1.165, 1.54) is 24.6 Å². The van der Waals surface area contributed by atoms with Gasteiger partial charge in [0.2, 0.25) is 0 Å². The molecular weight excluding hydrogens is 360 g/mol. The summed E-state index contributed by atoms with van der Waals surface area (Å²) in [5.41, 5.74) is 8.84. The Morgan fingerprint density at radius 1 is 1.04 bits per heavy atom. The number of nitrogens with two attached hydrogens (primary N) is 1. The molecule has 27 heavy (non-hydrogen) atoms. The van der Waals surface area contributed by atoms with Crippen molar-refractivity contribution in [2.75, 3.05) is 16.4 Å². The molecule has 4 N–H and O–H groups in total. The SMILES string of the molecule is CC(=O)c1cccc(Nc2ncnc(Nc3nc4ccccc4s3)c2N)c1. The normalized spacial score (nSPS) is 10.7. The second-order valence-electron chi connectivity index (χ2n) is 5.86. The van der Waals surface area contributed by atoms with E-state index in [-0.39, 0.29) is 5.78 Å². The van der Waals surface area contributed by atoms with Gasteiger partial charge >= 0.3 is 0 Å². The van der Waals surface area contributed by atoms with Gasteiger partial charge in [-0.05, 0) is 31.2 Å². The van der Waals surface area contributed by atoms with Crippen molar-refractivity contribution >= 4 is 55.5 Å². The number of nitrogens with zero attached hydrogens (tertiary/aromatic N) is 3. The number of ketones is 1. The van der Waals surface area contributed by atoms with E-state index in [4.69, 9.17) is 5.73 Å². The lowest BCUT2D eigenvalue weighted by Crippen LogP contribution is -2.05. The Kier molecular flexibility index (Phi) is 4.39. The Balaban J connectivity index is 1.61. The molecule has 0 saturated heterocycles. The highest BCUT2D eigenvalue weighted by molar-refractivity contribution is 7.22. The molecule has 134 valence electrons. The Hall–Kier alpha value is -3.52. The summed E-state index contributed by atoms with van der Waals surface area (Å²) in [5, 5.41) is 6.99. The smallest absolute Gasteiger partial charge is 0.189 e. The molecule has 2 aromatic heterocycles. The highest BCUT2D eigenvalue weighted by Crippen LogP contribution is 2.32. The Morgan fingerprint density at radius 3 is 2.59 bits per heavy atom. The predicted octanol–water partition coefficient (Wildman–Crippen LogP) is 4.36. The number of fused-ring (bicyclic) bond motifs is 1. The van der Waals surface area contributed by atoms with E-state index >= 15 is 0 Å². The summed E-state index contributed by atoms with van der Waals surface area (Å²) in [4.78, 5) is 24.5. The summed E-state index contributed by atoms with van der Waals surface area (Å²) < 4.78 is 1.08. The first-order chi connectivity index (χ1) is 13.1. The number of aromatic nitrogens is 3. The number of nitrogen functional groups attached to an aromatic ring is 1. The van der Waals surface area contributed by atoms with Gasteiger partial charge in [-0.3, -0.25) is 4.79 Å². The Bertz CT molecular complexity index is 1110. The van der Waals surface area contributed by atoms with Gasteiger partial charge < -0.3 is 16.4 Å². The van der Waals surface area contributed by atoms with E-state index in [9.17, 15) is 4.79 Å². The van der Waals surface area contributed by atoms with Crippen LogP contribution in [0.15, 0.2) is 54.9 Å². The van der Waals surface area contributed by atoms with Crippen LogP contribution in [0.5, 0.6) is 0 Å². The summed E-state index contributed by atoms with van der Waals surface area (Å²) in [6.07, 6.45) is 1.42. The largest absolute Gasteiger partial charge is 0.393 e. The molecule has 2 aromatic carbocycles. The standard InChI is InChI=1S/C19H16N6OS/c1-11(26)12-5-4-6-13(9-12)23-17-16(20)18(22-10-21-17)25-19-24-14-7-2-3-8-15(14)27-19/h2-10H,20H2,1H3,(H2,21,22,23,24,25). The summed E-state index contributed by atoms with van der Waals surface area (Å²) in [6.45, 7) is 1.53. The van der Waals surface area contributed by atoms with Gasteiger partial charge in [-0.1, -0.05) is 35.6 Å². The van der Waals surface area contributed by atoms with Gasteiger partial charge in [0.05, 0.1) is 10.2 Å². The van der Waals surface area contributed by atoms with Gasteiger partial charge in [-0.25, -0.2) is 15.0 Å². The van der Waals surface area contributed by atoms with Gasteiger partial charge in [0.25, 0.3) is 0 Å². The number of anilines is 5. The van der Waals surface area contributed by atoms with Crippen LogP contribution in [0.1, 0.15) is 17.3 Å². The lowest BCUT2D eigenvalue weighted by Gasteiger charge is -2.11. The van der Waals surface area contributed by atoms with Crippen molar-refractivity contribution in [3.8, 4) is 0 Å². The van der Waals surface area contributed by atoms with Crippen molar-refractivity contribution in [3.05, 3.63) is 60.4 Å². The van der Waals surface area contributed by atoms with E-state index in [0.717, 1.165) is 15.9 Å². The molecule has 0 spiro atoms. The van der Waals surface area contributed by atoms with Crippen LogP contribution in [-0.2, 0) is 0 Å². The van der Waals surface area contributed by atoms with Crippen LogP contribution in [-0.4, -0.2) is 20.7 Å².